The number of para-hydroxylation sites is 1. The minimum absolute atomic E-state index is 0.738. The summed E-state index contributed by atoms with van der Waals surface area (Å²) in [6.07, 6.45) is 0. The zero-order chi connectivity index (χ0) is 18.4. The summed E-state index contributed by atoms with van der Waals surface area (Å²) in [4.78, 5) is 7.11. The molecule has 26 heavy (non-hydrogen) atoms. The predicted molar refractivity (Wildman–Crippen MR) is 104 cm³/mol. The van der Waals surface area contributed by atoms with E-state index < -0.39 is 0 Å². The molecule has 2 aromatic rings. The molecule has 0 unspecified atom stereocenters. The van der Waals surface area contributed by atoms with Crippen LogP contribution in [0.15, 0.2) is 40.8 Å². The Morgan fingerprint density at radius 1 is 1.04 bits per heavy atom. The molecule has 1 aromatic carbocycles. The smallest absolute Gasteiger partial charge is 0.123 e. The van der Waals surface area contributed by atoms with Crippen LogP contribution in [0.5, 0.6) is 5.75 Å². The lowest BCUT2D eigenvalue weighted by molar-refractivity contribution is 0.133. The highest BCUT2D eigenvalue weighted by Gasteiger charge is 2.14. The third kappa shape index (κ3) is 5.59. The van der Waals surface area contributed by atoms with E-state index in [9.17, 15) is 0 Å². The van der Waals surface area contributed by atoms with Crippen molar-refractivity contribution in [1.29, 1.82) is 0 Å². The third-order valence-electron chi connectivity index (χ3n) is 4.90. The predicted octanol–water partition coefficient (Wildman–Crippen LogP) is 2.85. The Hall–Kier alpha value is -1.82. The van der Waals surface area contributed by atoms with Gasteiger partial charge in [-0.3, -0.25) is 9.80 Å². The molecular formula is C21H31N3O2. The topological polar surface area (TPSA) is 32.1 Å². The van der Waals surface area contributed by atoms with Crippen LogP contribution in [0, 0.1) is 6.92 Å². The molecule has 142 valence electrons. The van der Waals surface area contributed by atoms with Crippen LogP contribution in [0.3, 0.4) is 0 Å². The van der Waals surface area contributed by atoms with E-state index in [4.69, 9.17) is 9.15 Å². The molecule has 2 heterocycles. The largest absolute Gasteiger partial charge is 0.492 e. The molecular weight excluding hydrogens is 326 g/mol. The molecule has 0 amide bonds. The molecule has 1 aliphatic heterocycles. The lowest BCUT2D eigenvalue weighted by atomic mass is 10.2. The average molecular weight is 357 g/mol. The maximum absolute atomic E-state index is 6.12. The first-order valence-corrected chi connectivity index (χ1v) is 9.45. The number of ether oxygens (including phenoxy) is 1. The van der Waals surface area contributed by atoms with Gasteiger partial charge in [-0.2, -0.15) is 0 Å². The quantitative estimate of drug-likeness (QED) is 0.725. The molecule has 0 aliphatic carbocycles. The van der Waals surface area contributed by atoms with Crippen LogP contribution < -0.4 is 4.74 Å². The fourth-order valence-corrected chi connectivity index (χ4v) is 3.31. The fraction of sp³-hybridized carbons (Fsp3) is 0.524. The van der Waals surface area contributed by atoms with Crippen LogP contribution in [-0.2, 0) is 13.1 Å². The number of benzene rings is 1. The van der Waals surface area contributed by atoms with E-state index in [1.165, 1.54) is 5.56 Å². The highest BCUT2D eigenvalue weighted by atomic mass is 16.5. The molecule has 0 radical (unpaired) electrons. The standard InChI is InChI=1S/C21H31N3O2/c1-18-8-9-20(26-18)17-23(3)16-19-6-4-5-7-21(19)25-15-14-24-12-10-22(2)11-13-24/h4-9H,10-17H2,1-3H3. The molecule has 1 fully saturated rings. The highest BCUT2D eigenvalue weighted by molar-refractivity contribution is 5.33. The van der Waals surface area contributed by atoms with Gasteiger partial charge in [0, 0.05) is 44.8 Å². The molecule has 0 spiro atoms. The van der Waals surface area contributed by atoms with E-state index in [1.54, 1.807) is 0 Å². The lowest BCUT2D eigenvalue weighted by Gasteiger charge is -2.32. The van der Waals surface area contributed by atoms with Crippen molar-refractivity contribution >= 4 is 0 Å². The average Bonchev–Trinajstić information content (AvgIpc) is 3.03. The van der Waals surface area contributed by atoms with Crippen LogP contribution in [-0.4, -0.2) is 68.1 Å². The van der Waals surface area contributed by atoms with Crippen LogP contribution in [0.4, 0.5) is 0 Å². The van der Waals surface area contributed by atoms with Crippen LogP contribution in [0.2, 0.25) is 0 Å². The Kier molecular flexibility index (Phi) is 6.72. The summed E-state index contributed by atoms with van der Waals surface area (Å²) < 4.78 is 11.8. The maximum Gasteiger partial charge on any atom is 0.123 e. The molecule has 1 aliphatic rings. The molecule has 1 saturated heterocycles. The minimum atomic E-state index is 0.738. The van der Waals surface area contributed by atoms with Gasteiger partial charge < -0.3 is 14.1 Å². The molecule has 3 rings (SSSR count). The summed E-state index contributed by atoms with van der Waals surface area (Å²) in [5.74, 6) is 2.95. The van der Waals surface area contributed by atoms with Crippen LogP contribution >= 0.6 is 0 Å². The minimum Gasteiger partial charge on any atom is -0.492 e. The molecule has 5 nitrogen and oxygen atoms in total. The van der Waals surface area contributed by atoms with Crippen molar-refractivity contribution in [1.82, 2.24) is 14.7 Å². The van der Waals surface area contributed by atoms with E-state index in [0.717, 1.165) is 69.7 Å². The number of aryl methyl sites for hydroxylation is 1. The van der Waals surface area contributed by atoms with Crippen molar-refractivity contribution in [3.05, 3.63) is 53.5 Å². The Balaban J connectivity index is 1.49. The summed E-state index contributed by atoms with van der Waals surface area (Å²) >= 11 is 0. The fourth-order valence-electron chi connectivity index (χ4n) is 3.31. The van der Waals surface area contributed by atoms with Gasteiger partial charge in [0.2, 0.25) is 0 Å². The number of likely N-dealkylation sites (N-methyl/N-ethyl adjacent to an activating group) is 1. The number of furan rings is 1. The van der Waals surface area contributed by atoms with Gasteiger partial charge in [0.15, 0.2) is 0 Å². The molecule has 1 aromatic heterocycles. The maximum atomic E-state index is 6.12. The number of rotatable bonds is 8. The highest BCUT2D eigenvalue weighted by Crippen LogP contribution is 2.20. The number of nitrogens with zero attached hydrogens (tertiary/aromatic N) is 3. The second-order valence-electron chi connectivity index (χ2n) is 7.29. The first-order chi connectivity index (χ1) is 12.6. The summed E-state index contributed by atoms with van der Waals surface area (Å²) in [5, 5.41) is 0. The second-order valence-corrected chi connectivity index (χ2v) is 7.29. The van der Waals surface area contributed by atoms with Crippen molar-refractivity contribution in [2.45, 2.75) is 20.0 Å². The Morgan fingerprint density at radius 3 is 2.54 bits per heavy atom. The second kappa shape index (κ2) is 9.21. The van der Waals surface area contributed by atoms with Gasteiger partial charge in [-0.1, -0.05) is 18.2 Å². The van der Waals surface area contributed by atoms with E-state index in [2.05, 4.69) is 47.0 Å². The first-order valence-electron chi connectivity index (χ1n) is 9.45. The van der Waals surface area contributed by atoms with E-state index in [1.807, 2.05) is 25.1 Å². The summed E-state index contributed by atoms with van der Waals surface area (Å²) in [5.41, 5.74) is 1.22. The van der Waals surface area contributed by atoms with Crippen molar-refractivity contribution in [3.63, 3.8) is 0 Å². The summed E-state index contributed by atoms with van der Waals surface area (Å²) in [6.45, 7) is 9.90. The number of hydrogen-bond acceptors (Lipinski definition) is 5. The zero-order valence-corrected chi connectivity index (χ0v) is 16.3. The van der Waals surface area contributed by atoms with Crippen molar-refractivity contribution in [3.8, 4) is 5.75 Å². The number of piperazine rings is 1. The third-order valence-corrected chi connectivity index (χ3v) is 4.90. The van der Waals surface area contributed by atoms with Gasteiger partial charge in [-0.25, -0.2) is 0 Å². The zero-order valence-electron chi connectivity index (χ0n) is 16.3. The van der Waals surface area contributed by atoms with E-state index in [-0.39, 0.29) is 0 Å². The van der Waals surface area contributed by atoms with Crippen molar-refractivity contribution in [2.75, 3.05) is 53.4 Å². The van der Waals surface area contributed by atoms with Gasteiger partial charge in [0.05, 0.1) is 6.54 Å². The van der Waals surface area contributed by atoms with Crippen molar-refractivity contribution < 1.29 is 9.15 Å². The van der Waals surface area contributed by atoms with Gasteiger partial charge in [-0.05, 0) is 39.2 Å². The van der Waals surface area contributed by atoms with Gasteiger partial charge >= 0.3 is 0 Å². The molecule has 0 atom stereocenters. The number of hydrogen-bond donors (Lipinski definition) is 0. The summed E-state index contributed by atoms with van der Waals surface area (Å²) in [6, 6.07) is 12.4. The summed E-state index contributed by atoms with van der Waals surface area (Å²) in [7, 11) is 4.30. The van der Waals surface area contributed by atoms with Crippen LogP contribution in [0.1, 0.15) is 17.1 Å². The molecule has 0 bridgehead atoms. The van der Waals surface area contributed by atoms with Gasteiger partial charge in [0.25, 0.3) is 0 Å². The van der Waals surface area contributed by atoms with Gasteiger partial charge in [0.1, 0.15) is 23.9 Å². The van der Waals surface area contributed by atoms with Crippen LogP contribution in [0.25, 0.3) is 0 Å². The Morgan fingerprint density at radius 2 is 1.81 bits per heavy atom. The molecule has 5 heteroatoms. The van der Waals surface area contributed by atoms with E-state index >= 15 is 0 Å². The monoisotopic (exact) mass is 357 g/mol. The van der Waals surface area contributed by atoms with E-state index in [0.29, 0.717) is 0 Å². The Bertz CT molecular complexity index is 677. The van der Waals surface area contributed by atoms with Crippen molar-refractivity contribution in [2.24, 2.45) is 0 Å². The first kappa shape index (κ1) is 19.0. The van der Waals surface area contributed by atoms with Gasteiger partial charge in [-0.15, -0.1) is 0 Å². The Labute approximate surface area is 157 Å². The molecule has 0 N–H and O–H groups in total. The normalized spacial score (nSPS) is 16.3. The SMILES string of the molecule is Cc1ccc(CN(C)Cc2ccccc2OCCN2CCN(C)CC2)o1. The lowest BCUT2D eigenvalue weighted by Crippen LogP contribution is -2.45. The molecule has 0 saturated carbocycles.